The fraction of sp³-hybridized carbons (Fsp3) is 0.0909. The van der Waals surface area contributed by atoms with Gasteiger partial charge < -0.3 is 10.3 Å². The molecule has 0 bridgehead atoms. The van der Waals surface area contributed by atoms with E-state index in [4.69, 9.17) is 23.2 Å². The van der Waals surface area contributed by atoms with E-state index in [1.165, 1.54) is 0 Å². The van der Waals surface area contributed by atoms with Crippen molar-refractivity contribution < 1.29 is 4.79 Å². The van der Waals surface area contributed by atoms with Crippen molar-refractivity contribution >= 4 is 40.1 Å². The lowest BCUT2D eigenvalue weighted by atomic mass is 10.0. The maximum Gasteiger partial charge on any atom is 0.251 e. The van der Waals surface area contributed by atoms with Crippen LogP contribution >= 0.6 is 23.2 Å². The number of aromatic nitrogens is 2. The summed E-state index contributed by atoms with van der Waals surface area (Å²) in [4.78, 5) is 20.8. The second-order valence-electron chi connectivity index (χ2n) is 6.48. The quantitative estimate of drug-likeness (QED) is 0.451. The van der Waals surface area contributed by atoms with Crippen molar-refractivity contribution in [1.82, 2.24) is 15.3 Å². The summed E-state index contributed by atoms with van der Waals surface area (Å²) in [5, 5.41) is 3.83. The number of fused-ring (bicyclic) bond motifs is 1. The highest BCUT2D eigenvalue weighted by atomic mass is 35.5. The second-order valence-corrected chi connectivity index (χ2v) is 7.30. The molecule has 0 spiro atoms. The van der Waals surface area contributed by atoms with E-state index in [1.54, 1.807) is 18.2 Å². The lowest BCUT2D eigenvalue weighted by Gasteiger charge is -2.17. The van der Waals surface area contributed by atoms with E-state index in [2.05, 4.69) is 15.3 Å². The zero-order valence-electron chi connectivity index (χ0n) is 14.8. The second kappa shape index (κ2) is 8.05. The number of aromatic amines is 1. The first-order valence-electron chi connectivity index (χ1n) is 8.84. The molecule has 2 N–H and O–H groups in total. The molecule has 6 heteroatoms. The predicted molar refractivity (Wildman–Crippen MR) is 113 cm³/mol. The molecule has 4 aromatic rings. The number of hydrogen-bond donors (Lipinski definition) is 2. The lowest BCUT2D eigenvalue weighted by molar-refractivity contribution is 0.0935. The zero-order valence-corrected chi connectivity index (χ0v) is 16.3. The minimum absolute atomic E-state index is 0.236. The Bertz CT molecular complexity index is 1090. The third-order valence-corrected chi connectivity index (χ3v) is 5.25. The van der Waals surface area contributed by atoms with Crippen LogP contribution < -0.4 is 5.32 Å². The fourth-order valence-corrected chi connectivity index (χ4v) is 3.38. The highest BCUT2D eigenvalue weighted by Gasteiger charge is 2.20. The van der Waals surface area contributed by atoms with Gasteiger partial charge in [0, 0.05) is 5.56 Å². The molecule has 0 aliphatic carbocycles. The van der Waals surface area contributed by atoms with Crippen LogP contribution in [0.15, 0.2) is 72.8 Å². The molecule has 0 saturated heterocycles. The average Bonchev–Trinajstić information content (AvgIpc) is 3.14. The molecule has 28 heavy (non-hydrogen) atoms. The normalized spacial score (nSPS) is 12.1. The molecule has 1 atom stereocenters. The number of carbonyl (C=O) groups is 1. The van der Waals surface area contributed by atoms with Crippen LogP contribution in [0.4, 0.5) is 0 Å². The van der Waals surface area contributed by atoms with Crippen LogP contribution in [-0.2, 0) is 6.42 Å². The zero-order chi connectivity index (χ0) is 19.5. The maximum absolute atomic E-state index is 12.8. The minimum atomic E-state index is -0.322. The SMILES string of the molecule is O=C(NC(Cc1ccccc1)c1nc2ccccc2[nH]1)c1ccc(Cl)c(Cl)c1. The van der Waals surface area contributed by atoms with Crippen molar-refractivity contribution in [2.45, 2.75) is 12.5 Å². The molecule has 140 valence electrons. The van der Waals surface area contributed by atoms with Gasteiger partial charge in [0.1, 0.15) is 5.82 Å². The van der Waals surface area contributed by atoms with Crippen LogP contribution in [-0.4, -0.2) is 15.9 Å². The summed E-state index contributed by atoms with van der Waals surface area (Å²) in [6.45, 7) is 0. The Morgan fingerprint density at radius 1 is 0.964 bits per heavy atom. The molecule has 3 aromatic carbocycles. The molecule has 4 rings (SSSR count). The van der Waals surface area contributed by atoms with E-state index in [-0.39, 0.29) is 11.9 Å². The summed E-state index contributed by atoms with van der Waals surface area (Å²) in [6, 6.07) is 22.3. The average molecular weight is 410 g/mol. The number of hydrogen-bond acceptors (Lipinski definition) is 2. The number of amides is 1. The number of para-hydroxylation sites is 2. The van der Waals surface area contributed by atoms with Crippen molar-refractivity contribution in [2.75, 3.05) is 0 Å². The number of nitrogens with zero attached hydrogens (tertiary/aromatic N) is 1. The van der Waals surface area contributed by atoms with Gasteiger partial charge in [-0.05, 0) is 42.3 Å². The van der Waals surface area contributed by atoms with Crippen molar-refractivity contribution in [1.29, 1.82) is 0 Å². The molecule has 0 aliphatic heterocycles. The summed E-state index contributed by atoms with van der Waals surface area (Å²) in [6.07, 6.45) is 0.605. The topological polar surface area (TPSA) is 57.8 Å². The van der Waals surface area contributed by atoms with Gasteiger partial charge in [0.15, 0.2) is 0 Å². The monoisotopic (exact) mass is 409 g/mol. The van der Waals surface area contributed by atoms with Crippen LogP contribution in [0.5, 0.6) is 0 Å². The number of benzene rings is 3. The Labute approximate surface area is 172 Å². The molecule has 4 nitrogen and oxygen atoms in total. The van der Waals surface area contributed by atoms with E-state index in [1.807, 2.05) is 54.6 Å². The third-order valence-electron chi connectivity index (χ3n) is 4.51. The Hall–Kier alpha value is -2.82. The molecule has 0 saturated carbocycles. The number of halogens is 2. The van der Waals surface area contributed by atoms with Gasteiger partial charge in [0.2, 0.25) is 0 Å². The minimum Gasteiger partial charge on any atom is -0.342 e. The number of imidazole rings is 1. The van der Waals surface area contributed by atoms with Crippen LogP contribution in [0, 0.1) is 0 Å². The molecule has 0 radical (unpaired) electrons. The van der Waals surface area contributed by atoms with Gasteiger partial charge in [0.05, 0.1) is 27.1 Å². The summed E-state index contributed by atoms with van der Waals surface area (Å²) in [5.74, 6) is 0.471. The number of rotatable bonds is 5. The maximum atomic E-state index is 12.8. The van der Waals surface area contributed by atoms with Crippen molar-refractivity contribution in [3.63, 3.8) is 0 Å². The third kappa shape index (κ3) is 4.03. The standard InChI is InChI=1S/C22H17Cl2N3O/c23-16-11-10-15(13-17(16)24)22(28)27-20(12-14-6-2-1-3-7-14)21-25-18-8-4-5-9-19(18)26-21/h1-11,13,20H,12H2,(H,25,26)(H,27,28). The van der Waals surface area contributed by atoms with Crippen LogP contribution in [0.2, 0.25) is 10.0 Å². The molecule has 1 aromatic heterocycles. The largest absolute Gasteiger partial charge is 0.342 e. The Kier molecular flexibility index (Phi) is 5.33. The number of carbonyl (C=O) groups excluding carboxylic acids is 1. The highest BCUT2D eigenvalue weighted by Crippen LogP contribution is 2.24. The molecule has 0 fully saturated rings. The van der Waals surface area contributed by atoms with Crippen molar-refractivity contribution in [3.05, 3.63) is 99.8 Å². The summed E-state index contributed by atoms with van der Waals surface area (Å²) < 4.78 is 0. The van der Waals surface area contributed by atoms with Gasteiger partial charge >= 0.3 is 0 Å². The van der Waals surface area contributed by atoms with E-state index in [9.17, 15) is 4.79 Å². The van der Waals surface area contributed by atoms with Crippen LogP contribution in [0.25, 0.3) is 11.0 Å². The molecule has 1 heterocycles. The summed E-state index contributed by atoms with van der Waals surface area (Å²) in [7, 11) is 0. The van der Waals surface area contributed by atoms with Gasteiger partial charge in [-0.25, -0.2) is 4.98 Å². The van der Waals surface area contributed by atoms with Crippen molar-refractivity contribution in [2.24, 2.45) is 0 Å². The Morgan fingerprint density at radius 3 is 2.46 bits per heavy atom. The van der Waals surface area contributed by atoms with E-state index < -0.39 is 0 Å². The van der Waals surface area contributed by atoms with Gasteiger partial charge in [-0.1, -0.05) is 65.7 Å². The highest BCUT2D eigenvalue weighted by molar-refractivity contribution is 6.42. The van der Waals surface area contributed by atoms with Crippen LogP contribution in [0.1, 0.15) is 27.8 Å². The van der Waals surface area contributed by atoms with Gasteiger partial charge in [-0.15, -0.1) is 0 Å². The molecule has 0 aliphatic rings. The first-order valence-corrected chi connectivity index (χ1v) is 9.60. The molecular weight excluding hydrogens is 393 g/mol. The van der Waals surface area contributed by atoms with Crippen molar-refractivity contribution in [3.8, 4) is 0 Å². The van der Waals surface area contributed by atoms with E-state index >= 15 is 0 Å². The first-order chi connectivity index (χ1) is 13.6. The summed E-state index contributed by atoms with van der Waals surface area (Å²) in [5.41, 5.74) is 3.34. The Morgan fingerprint density at radius 2 is 1.71 bits per heavy atom. The van der Waals surface area contributed by atoms with E-state index in [0.29, 0.717) is 27.9 Å². The van der Waals surface area contributed by atoms with Gasteiger partial charge in [-0.3, -0.25) is 4.79 Å². The molecular formula is C22H17Cl2N3O. The van der Waals surface area contributed by atoms with Crippen LogP contribution in [0.3, 0.4) is 0 Å². The lowest BCUT2D eigenvalue weighted by Crippen LogP contribution is -2.30. The summed E-state index contributed by atoms with van der Waals surface area (Å²) >= 11 is 12.0. The van der Waals surface area contributed by atoms with Gasteiger partial charge in [0.25, 0.3) is 5.91 Å². The number of nitrogens with one attached hydrogen (secondary N) is 2. The smallest absolute Gasteiger partial charge is 0.251 e. The predicted octanol–water partition coefficient (Wildman–Crippen LogP) is 5.58. The first kappa shape index (κ1) is 18.5. The van der Waals surface area contributed by atoms with E-state index in [0.717, 1.165) is 16.6 Å². The Balaban J connectivity index is 1.65. The molecule has 1 unspecified atom stereocenters. The van der Waals surface area contributed by atoms with Gasteiger partial charge in [-0.2, -0.15) is 0 Å². The number of H-pyrrole nitrogens is 1. The molecule has 1 amide bonds. The fourth-order valence-electron chi connectivity index (χ4n) is 3.08.